The Bertz CT molecular complexity index is 932. The number of amides is 1. The number of aliphatic imine (C=N–C) groups is 1. The molecule has 28 heavy (non-hydrogen) atoms. The summed E-state index contributed by atoms with van der Waals surface area (Å²) in [4.78, 5) is 29.1. The van der Waals surface area contributed by atoms with E-state index in [4.69, 9.17) is 5.11 Å². The van der Waals surface area contributed by atoms with Gasteiger partial charge < -0.3 is 10.0 Å². The van der Waals surface area contributed by atoms with E-state index in [0.29, 0.717) is 5.17 Å². The van der Waals surface area contributed by atoms with E-state index in [2.05, 4.69) is 4.99 Å². The number of fused-ring (bicyclic) bond motifs is 1. The molecule has 2 saturated heterocycles. The fourth-order valence-corrected chi connectivity index (χ4v) is 7.85. The summed E-state index contributed by atoms with van der Waals surface area (Å²) in [5, 5.41) is 9.08. The average molecular weight is 425 g/mol. The van der Waals surface area contributed by atoms with Gasteiger partial charge >= 0.3 is 5.97 Å². The second-order valence-corrected chi connectivity index (χ2v) is 10.8. The summed E-state index contributed by atoms with van der Waals surface area (Å²) < 4.78 is 24.4. The Morgan fingerprint density at radius 1 is 1.18 bits per heavy atom. The number of benzene rings is 1. The molecule has 2 fully saturated rings. The predicted molar refractivity (Wildman–Crippen MR) is 111 cm³/mol. The number of sulfone groups is 1. The number of carbonyl (C=O) groups is 2. The van der Waals surface area contributed by atoms with E-state index in [9.17, 15) is 18.0 Å². The van der Waals surface area contributed by atoms with Crippen molar-refractivity contribution in [1.82, 2.24) is 0 Å². The maximum Gasteiger partial charge on any atom is 0.303 e. The van der Waals surface area contributed by atoms with Crippen LogP contribution in [0.25, 0.3) is 0 Å². The van der Waals surface area contributed by atoms with Gasteiger partial charge in [0.25, 0.3) is 0 Å². The van der Waals surface area contributed by atoms with Crippen LogP contribution in [-0.4, -0.2) is 53.4 Å². The summed E-state index contributed by atoms with van der Waals surface area (Å²) in [6.07, 6.45) is 0.219. The topological polar surface area (TPSA) is 104 Å². The van der Waals surface area contributed by atoms with Crippen molar-refractivity contribution < 1.29 is 23.1 Å². The van der Waals surface area contributed by atoms with Crippen LogP contribution in [0.15, 0.2) is 17.1 Å². The molecule has 9 heteroatoms. The zero-order valence-corrected chi connectivity index (χ0v) is 17.8. The van der Waals surface area contributed by atoms with Crippen LogP contribution in [0.1, 0.15) is 36.0 Å². The average Bonchev–Trinajstić information content (AvgIpc) is 2.98. The molecule has 2 atom stereocenters. The molecule has 3 rings (SSSR count). The molecule has 0 unspecified atom stereocenters. The lowest BCUT2D eigenvalue weighted by atomic mass is 10.0. The zero-order valence-electron chi connectivity index (χ0n) is 16.1. The highest BCUT2D eigenvalue weighted by molar-refractivity contribution is 8.16. The van der Waals surface area contributed by atoms with Gasteiger partial charge in [-0.1, -0.05) is 29.5 Å². The molecular formula is C19H24N2O5S2. The van der Waals surface area contributed by atoms with Gasteiger partial charge in [-0.15, -0.1) is 0 Å². The molecule has 1 N–H and O–H groups in total. The van der Waals surface area contributed by atoms with Crippen LogP contribution in [0.5, 0.6) is 0 Å². The van der Waals surface area contributed by atoms with Gasteiger partial charge in [-0.3, -0.25) is 9.59 Å². The standard InChI is InChI=1S/C19H24N2O5S2/c1-11-7-12(2)18(13(3)8-11)21-14-9-28(25,26)10-15(14)27-19(21)20-16(22)5-4-6-17(23)24/h7-8,14-15H,4-6,9-10H2,1-3H3,(H,23,24)/t14-,15-/m1/s1. The van der Waals surface area contributed by atoms with E-state index >= 15 is 0 Å². The van der Waals surface area contributed by atoms with E-state index in [1.807, 2.05) is 37.8 Å². The minimum atomic E-state index is -3.12. The summed E-state index contributed by atoms with van der Waals surface area (Å²) in [5.41, 5.74) is 4.03. The lowest BCUT2D eigenvalue weighted by molar-refractivity contribution is -0.137. The van der Waals surface area contributed by atoms with Crippen molar-refractivity contribution >= 4 is 44.3 Å². The van der Waals surface area contributed by atoms with Gasteiger partial charge in [0.15, 0.2) is 15.0 Å². The van der Waals surface area contributed by atoms with Gasteiger partial charge in [0.1, 0.15) is 0 Å². The smallest absolute Gasteiger partial charge is 0.303 e. The Morgan fingerprint density at radius 2 is 1.82 bits per heavy atom. The number of carboxylic acid groups (broad SMARTS) is 1. The zero-order chi connectivity index (χ0) is 20.6. The second-order valence-electron chi connectivity index (χ2n) is 7.45. The molecule has 1 amide bonds. The van der Waals surface area contributed by atoms with Crippen molar-refractivity contribution in [1.29, 1.82) is 0 Å². The third-order valence-electron chi connectivity index (χ3n) is 4.94. The van der Waals surface area contributed by atoms with Crippen molar-refractivity contribution in [2.45, 2.75) is 51.3 Å². The third kappa shape index (κ3) is 4.41. The van der Waals surface area contributed by atoms with Crippen LogP contribution in [0.4, 0.5) is 5.69 Å². The number of nitrogens with zero attached hydrogens (tertiary/aromatic N) is 2. The van der Waals surface area contributed by atoms with Crippen molar-refractivity contribution in [2.24, 2.45) is 4.99 Å². The lowest BCUT2D eigenvalue weighted by Crippen LogP contribution is -2.38. The SMILES string of the molecule is Cc1cc(C)c(N2C(=NC(=O)CCCC(=O)O)S[C@@H]3CS(=O)(=O)C[C@H]32)c(C)c1. The van der Waals surface area contributed by atoms with Gasteiger partial charge in [-0.25, -0.2) is 8.42 Å². The summed E-state index contributed by atoms with van der Waals surface area (Å²) in [6, 6.07) is 3.83. The number of aryl methyl sites for hydroxylation is 3. The van der Waals surface area contributed by atoms with E-state index in [1.165, 1.54) is 11.8 Å². The maximum absolute atomic E-state index is 12.3. The summed E-state index contributed by atoms with van der Waals surface area (Å²) >= 11 is 1.34. The number of carbonyl (C=O) groups excluding carboxylic acids is 1. The Hall–Kier alpha value is -1.87. The number of aliphatic carboxylic acids is 1. The van der Waals surface area contributed by atoms with Gasteiger partial charge in [0, 0.05) is 23.8 Å². The van der Waals surface area contributed by atoms with Gasteiger partial charge in [-0.05, 0) is 38.3 Å². The lowest BCUT2D eigenvalue weighted by Gasteiger charge is -2.28. The van der Waals surface area contributed by atoms with Crippen LogP contribution in [0.2, 0.25) is 0 Å². The molecule has 0 radical (unpaired) electrons. The Morgan fingerprint density at radius 3 is 2.43 bits per heavy atom. The first-order valence-electron chi connectivity index (χ1n) is 9.15. The first kappa shape index (κ1) is 20.9. The highest BCUT2D eigenvalue weighted by Gasteiger charge is 2.50. The number of hydrogen-bond donors (Lipinski definition) is 1. The molecule has 0 saturated carbocycles. The normalized spacial score (nSPS) is 24.5. The monoisotopic (exact) mass is 424 g/mol. The summed E-state index contributed by atoms with van der Waals surface area (Å²) in [6.45, 7) is 5.96. The van der Waals surface area contributed by atoms with E-state index in [0.717, 1.165) is 22.4 Å². The molecule has 2 aliphatic heterocycles. The number of hydrogen-bond acceptors (Lipinski definition) is 5. The number of rotatable bonds is 5. The van der Waals surface area contributed by atoms with E-state index in [-0.39, 0.29) is 48.0 Å². The van der Waals surface area contributed by atoms with Crippen molar-refractivity contribution in [3.63, 3.8) is 0 Å². The molecule has 2 aliphatic rings. The van der Waals surface area contributed by atoms with Crippen molar-refractivity contribution in [2.75, 3.05) is 16.4 Å². The highest BCUT2D eigenvalue weighted by atomic mass is 32.2. The molecule has 152 valence electrons. The predicted octanol–water partition coefficient (Wildman–Crippen LogP) is 2.47. The first-order valence-corrected chi connectivity index (χ1v) is 11.8. The number of thioether (sulfide) groups is 1. The Labute approximate surface area is 169 Å². The van der Waals surface area contributed by atoms with Crippen LogP contribution in [-0.2, 0) is 19.4 Å². The number of amidine groups is 1. The summed E-state index contributed by atoms with van der Waals surface area (Å²) in [5.74, 6) is -1.19. The minimum absolute atomic E-state index is 0.0453. The Kier molecular flexibility index (Phi) is 5.86. The quantitative estimate of drug-likeness (QED) is 0.774. The second kappa shape index (κ2) is 7.87. The molecule has 0 spiro atoms. The number of anilines is 1. The van der Waals surface area contributed by atoms with Crippen LogP contribution in [0.3, 0.4) is 0 Å². The van der Waals surface area contributed by atoms with Gasteiger partial charge in [0.05, 0.1) is 17.5 Å². The fraction of sp³-hybridized carbons (Fsp3) is 0.526. The largest absolute Gasteiger partial charge is 0.481 e. The van der Waals surface area contributed by atoms with Crippen molar-refractivity contribution in [3.8, 4) is 0 Å². The molecule has 7 nitrogen and oxygen atoms in total. The van der Waals surface area contributed by atoms with Crippen LogP contribution in [0, 0.1) is 20.8 Å². The molecule has 0 aromatic heterocycles. The third-order valence-corrected chi connectivity index (χ3v) is 8.15. The number of carboxylic acids is 1. The van der Waals surface area contributed by atoms with Crippen LogP contribution >= 0.6 is 11.8 Å². The first-order chi connectivity index (χ1) is 13.1. The van der Waals surface area contributed by atoms with Gasteiger partial charge in [-0.2, -0.15) is 4.99 Å². The van der Waals surface area contributed by atoms with E-state index < -0.39 is 15.8 Å². The minimum Gasteiger partial charge on any atom is -0.481 e. The molecular weight excluding hydrogens is 400 g/mol. The molecule has 0 aliphatic carbocycles. The highest BCUT2D eigenvalue weighted by Crippen LogP contribution is 2.43. The van der Waals surface area contributed by atoms with Crippen molar-refractivity contribution in [3.05, 3.63) is 28.8 Å². The molecule has 1 aromatic carbocycles. The van der Waals surface area contributed by atoms with Gasteiger partial charge in [0.2, 0.25) is 5.91 Å². The molecule has 2 heterocycles. The molecule has 1 aromatic rings. The summed E-state index contributed by atoms with van der Waals surface area (Å²) in [7, 11) is -3.12. The van der Waals surface area contributed by atoms with E-state index in [1.54, 1.807) is 0 Å². The maximum atomic E-state index is 12.3. The van der Waals surface area contributed by atoms with Crippen LogP contribution < -0.4 is 4.90 Å². The fourth-order valence-electron chi connectivity index (χ4n) is 3.93. The molecule has 0 bridgehead atoms. The Balaban J connectivity index is 1.95.